The highest BCUT2D eigenvalue weighted by Crippen LogP contribution is 2.57. The van der Waals surface area contributed by atoms with Crippen molar-refractivity contribution in [2.75, 3.05) is 0 Å². The van der Waals surface area contributed by atoms with Crippen LogP contribution in [0, 0.1) is 29.6 Å². The summed E-state index contributed by atoms with van der Waals surface area (Å²) < 4.78 is 0. The first-order chi connectivity index (χ1) is 8.67. The van der Waals surface area contributed by atoms with E-state index in [2.05, 4.69) is 13.0 Å². The van der Waals surface area contributed by atoms with E-state index >= 15 is 0 Å². The fraction of sp³-hybridized carbons (Fsp3) is 0.812. The van der Waals surface area contributed by atoms with Crippen LogP contribution in [0.5, 0.6) is 0 Å². The quantitative estimate of drug-likeness (QED) is 0.767. The first-order valence-electron chi connectivity index (χ1n) is 7.61. The Balaban J connectivity index is 1.79. The summed E-state index contributed by atoms with van der Waals surface area (Å²) in [5, 5.41) is 9.29. The Labute approximate surface area is 109 Å². The summed E-state index contributed by atoms with van der Waals surface area (Å²) in [7, 11) is 0. The van der Waals surface area contributed by atoms with Gasteiger partial charge >= 0.3 is 5.97 Å². The lowest BCUT2D eigenvalue weighted by Crippen LogP contribution is -2.44. The Kier molecular flexibility index (Phi) is 3.21. The van der Waals surface area contributed by atoms with E-state index in [1.807, 2.05) is 0 Å². The van der Waals surface area contributed by atoms with Gasteiger partial charge in [-0.3, -0.25) is 0 Å². The molecule has 4 aliphatic rings. The summed E-state index contributed by atoms with van der Waals surface area (Å²) in [6.07, 6.45) is 10.8. The maximum absolute atomic E-state index is 11.3. The molecule has 2 nitrogen and oxygen atoms in total. The minimum atomic E-state index is -0.689. The van der Waals surface area contributed by atoms with Crippen molar-refractivity contribution in [2.24, 2.45) is 29.6 Å². The van der Waals surface area contributed by atoms with Crippen LogP contribution in [0.25, 0.3) is 0 Å². The van der Waals surface area contributed by atoms with Crippen molar-refractivity contribution < 1.29 is 9.90 Å². The standard InChI is InChI=1S/C16H24O2/c1-2-3-12(16(17)18)9-15-13-5-10-4-11(7-13)8-14(15)6-10/h9-11,13-15H,2-8H2,1H3,(H,17,18)/b12-9+. The summed E-state index contributed by atoms with van der Waals surface area (Å²) in [6, 6.07) is 0. The van der Waals surface area contributed by atoms with Crippen molar-refractivity contribution in [3.05, 3.63) is 11.6 Å². The molecule has 100 valence electrons. The van der Waals surface area contributed by atoms with Gasteiger partial charge in [-0.1, -0.05) is 19.4 Å². The van der Waals surface area contributed by atoms with Crippen LogP contribution in [0.15, 0.2) is 11.6 Å². The van der Waals surface area contributed by atoms with Crippen LogP contribution in [0.3, 0.4) is 0 Å². The minimum absolute atomic E-state index is 0.579. The monoisotopic (exact) mass is 248 g/mol. The number of aliphatic carboxylic acids is 1. The summed E-state index contributed by atoms with van der Waals surface area (Å²) in [4.78, 5) is 11.3. The zero-order valence-corrected chi connectivity index (χ0v) is 11.3. The third-order valence-electron chi connectivity index (χ3n) is 5.49. The van der Waals surface area contributed by atoms with Gasteiger partial charge in [-0.05, 0) is 68.1 Å². The van der Waals surface area contributed by atoms with E-state index in [4.69, 9.17) is 0 Å². The van der Waals surface area contributed by atoms with E-state index in [-0.39, 0.29) is 0 Å². The molecule has 1 N–H and O–H groups in total. The molecule has 0 amide bonds. The smallest absolute Gasteiger partial charge is 0.331 e. The van der Waals surface area contributed by atoms with Crippen LogP contribution in [0.4, 0.5) is 0 Å². The maximum Gasteiger partial charge on any atom is 0.331 e. The Hall–Kier alpha value is -0.790. The normalized spacial score (nSPS) is 42.3. The molecule has 4 aliphatic carbocycles. The van der Waals surface area contributed by atoms with Crippen molar-refractivity contribution in [1.29, 1.82) is 0 Å². The Morgan fingerprint density at radius 1 is 1.11 bits per heavy atom. The molecule has 18 heavy (non-hydrogen) atoms. The molecule has 0 heterocycles. The van der Waals surface area contributed by atoms with Crippen molar-refractivity contribution in [3.63, 3.8) is 0 Å². The molecule has 0 saturated heterocycles. The Morgan fingerprint density at radius 3 is 2.11 bits per heavy atom. The molecular formula is C16H24O2. The number of rotatable bonds is 4. The Morgan fingerprint density at radius 2 is 1.67 bits per heavy atom. The van der Waals surface area contributed by atoms with Gasteiger partial charge in [-0.15, -0.1) is 0 Å². The van der Waals surface area contributed by atoms with Crippen LogP contribution < -0.4 is 0 Å². The summed E-state index contributed by atoms with van der Waals surface area (Å²) in [5.41, 5.74) is 0.676. The minimum Gasteiger partial charge on any atom is -0.478 e. The second-order valence-electron chi connectivity index (χ2n) is 6.76. The van der Waals surface area contributed by atoms with Gasteiger partial charge in [0.1, 0.15) is 0 Å². The fourth-order valence-corrected chi connectivity index (χ4v) is 5.00. The van der Waals surface area contributed by atoms with Crippen LogP contribution in [0.2, 0.25) is 0 Å². The third kappa shape index (κ3) is 2.10. The second kappa shape index (κ2) is 4.71. The van der Waals surface area contributed by atoms with E-state index < -0.39 is 5.97 Å². The lowest BCUT2D eigenvalue weighted by Gasteiger charge is -2.53. The molecule has 0 aromatic heterocycles. The fourth-order valence-electron chi connectivity index (χ4n) is 5.00. The number of hydrogen-bond donors (Lipinski definition) is 1. The van der Waals surface area contributed by atoms with E-state index in [1.54, 1.807) is 0 Å². The van der Waals surface area contributed by atoms with Crippen LogP contribution in [-0.4, -0.2) is 11.1 Å². The predicted octanol–water partition coefficient (Wildman–Crippen LogP) is 3.87. The zero-order valence-electron chi connectivity index (χ0n) is 11.3. The van der Waals surface area contributed by atoms with Crippen molar-refractivity contribution in [3.8, 4) is 0 Å². The highest BCUT2D eigenvalue weighted by Gasteiger charge is 2.47. The number of hydrogen-bond acceptors (Lipinski definition) is 1. The molecule has 0 aliphatic heterocycles. The second-order valence-corrected chi connectivity index (χ2v) is 6.76. The number of allylic oxidation sites excluding steroid dienone is 1. The molecule has 0 unspecified atom stereocenters. The summed E-state index contributed by atoms with van der Waals surface area (Å²) in [5.74, 6) is 3.43. The lowest BCUT2D eigenvalue weighted by atomic mass is 9.51. The van der Waals surface area contributed by atoms with Gasteiger partial charge < -0.3 is 5.11 Å². The first kappa shape index (κ1) is 12.3. The van der Waals surface area contributed by atoms with Gasteiger partial charge in [0.25, 0.3) is 0 Å². The van der Waals surface area contributed by atoms with Gasteiger partial charge in [-0.2, -0.15) is 0 Å². The van der Waals surface area contributed by atoms with E-state index in [9.17, 15) is 9.90 Å². The average Bonchev–Trinajstić information content (AvgIpc) is 2.31. The van der Waals surface area contributed by atoms with Gasteiger partial charge in [0.2, 0.25) is 0 Å². The molecule has 4 fully saturated rings. The van der Waals surface area contributed by atoms with Crippen LogP contribution >= 0.6 is 0 Å². The molecule has 4 bridgehead atoms. The highest BCUT2D eigenvalue weighted by atomic mass is 16.4. The average molecular weight is 248 g/mol. The molecule has 2 heteroatoms. The molecule has 4 saturated carbocycles. The molecule has 0 spiro atoms. The van der Waals surface area contributed by atoms with Crippen LogP contribution in [0.1, 0.15) is 51.9 Å². The predicted molar refractivity (Wildman–Crippen MR) is 71.2 cm³/mol. The zero-order chi connectivity index (χ0) is 12.7. The molecular weight excluding hydrogens is 224 g/mol. The first-order valence-corrected chi connectivity index (χ1v) is 7.61. The molecule has 0 aromatic rings. The summed E-state index contributed by atoms with van der Waals surface area (Å²) in [6.45, 7) is 2.06. The van der Waals surface area contributed by atoms with Gasteiger partial charge in [0.05, 0.1) is 0 Å². The van der Waals surface area contributed by atoms with Crippen molar-refractivity contribution >= 4 is 5.97 Å². The van der Waals surface area contributed by atoms with Gasteiger partial charge in [-0.25, -0.2) is 4.79 Å². The lowest BCUT2D eigenvalue weighted by molar-refractivity contribution is -0.132. The largest absolute Gasteiger partial charge is 0.478 e. The number of carboxylic acid groups (broad SMARTS) is 1. The van der Waals surface area contributed by atoms with Gasteiger partial charge in [0, 0.05) is 5.57 Å². The van der Waals surface area contributed by atoms with E-state index in [0.29, 0.717) is 11.5 Å². The Bertz CT molecular complexity index is 341. The summed E-state index contributed by atoms with van der Waals surface area (Å²) >= 11 is 0. The molecule has 0 atom stereocenters. The van der Waals surface area contributed by atoms with Gasteiger partial charge in [0.15, 0.2) is 0 Å². The highest BCUT2D eigenvalue weighted by molar-refractivity contribution is 5.86. The number of carboxylic acids is 1. The number of carbonyl (C=O) groups is 1. The molecule has 0 aromatic carbocycles. The topological polar surface area (TPSA) is 37.3 Å². The molecule has 4 rings (SSSR count). The SMILES string of the molecule is CCC/C(=C\C1C2CC3CC(C2)CC1C3)C(=O)O. The molecule has 0 radical (unpaired) electrons. The van der Waals surface area contributed by atoms with Crippen molar-refractivity contribution in [1.82, 2.24) is 0 Å². The maximum atomic E-state index is 11.3. The van der Waals surface area contributed by atoms with E-state index in [0.717, 1.165) is 36.5 Å². The third-order valence-corrected chi connectivity index (χ3v) is 5.49. The van der Waals surface area contributed by atoms with Crippen LogP contribution in [-0.2, 0) is 4.79 Å². The van der Waals surface area contributed by atoms with Crippen molar-refractivity contribution in [2.45, 2.75) is 51.9 Å². The van der Waals surface area contributed by atoms with E-state index in [1.165, 1.54) is 32.1 Å².